The number of aliphatic hydroxyl groups is 1. The SMILES string of the molecule is C[C@H](O)[C@H]1CC=NO1. The molecule has 1 heterocycles. The molecule has 1 aliphatic heterocycles. The standard InChI is InChI=1S/C5H9NO2/c1-4(7)5-2-3-6-8-5/h3-5,7H,2H2,1H3/t4-,5+/m0/s1. The first kappa shape index (κ1) is 5.56. The predicted molar refractivity (Wildman–Crippen MR) is 29.7 cm³/mol. The molecule has 1 rings (SSSR count). The summed E-state index contributed by atoms with van der Waals surface area (Å²) in [7, 11) is 0. The van der Waals surface area contributed by atoms with Gasteiger partial charge in [0, 0.05) is 12.6 Å². The van der Waals surface area contributed by atoms with Crippen LogP contribution < -0.4 is 0 Å². The van der Waals surface area contributed by atoms with Gasteiger partial charge in [0.1, 0.15) is 0 Å². The van der Waals surface area contributed by atoms with Crippen LogP contribution in [0.5, 0.6) is 0 Å². The van der Waals surface area contributed by atoms with Crippen LogP contribution in [0.1, 0.15) is 13.3 Å². The van der Waals surface area contributed by atoms with Gasteiger partial charge in [0.2, 0.25) is 0 Å². The molecule has 0 aromatic heterocycles. The summed E-state index contributed by atoms with van der Waals surface area (Å²) in [6, 6.07) is 0. The van der Waals surface area contributed by atoms with Crippen LogP contribution in [-0.2, 0) is 4.84 Å². The van der Waals surface area contributed by atoms with Crippen LogP contribution in [0.15, 0.2) is 5.16 Å². The number of oxime groups is 1. The second-order valence-electron chi connectivity index (χ2n) is 1.91. The summed E-state index contributed by atoms with van der Waals surface area (Å²) >= 11 is 0. The Morgan fingerprint density at radius 1 is 2.00 bits per heavy atom. The molecule has 1 aliphatic rings. The van der Waals surface area contributed by atoms with Crippen molar-refractivity contribution < 1.29 is 9.94 Å². The van der Waals surface area contributed by atoms with E-state index in [4.69, 9.17) is 9.94 Å². The largest absolute Gasteiger partial charge is 0.390 e. The lowest BCUT2D eigenvalue weighted by molar-refractivity contribution is -0.00780. The van der Waals surface area contributed by atoms with E-state index in [9.17, 15) is 0 Å². The second kappa shape index (κ2) is 2.13. The highest BCUT2D eigenvalue weighted by Gasteiger charge is 2.18. The van der Waals surface area contributed by atoms with Gasteiger partial charge < -0.3 is 9.94 Å². The zero-order valence-electron chi connectivity index (χ0n) is 4.74. The third-order valence-electron chi connectivity index (χ3n) is 1.15. The van der Waals surface area contributed by atoms with E-state index in [-0.39, 0.29) is 6.10 Å². The Morgan fingerprint density at radius 3 is 3.00 bits per heavy atom. The van der Waals surface area contributed by atoms with Gasteiger partial charge in [-0.25, -0.2) is 0 Å². The van der Waals surface area contributed by atoms with Gasteiger partial charge in [-0.1, -0.05) is 5.16 Å². The molecule has 0 aromatic rings. The highest BCUT2D eigenvalue weighted by Crippen LogP contribution is 2.07. The summed E-state index contributed by atoms with van der Waals surface area (Å²) in [4.78, 5) is 4.73. The molecule has 0 radical (unpaired) electrons. The molecule has 0 aromatic carbocycles. The van der Waals surface area contributed by atoms with Crippen LogP contribution in [0.2, 0.25) is 0 Å². The van der Waals surface area contributed by atoms with Crippen LogP contribution in [0.3, 0.4) is 0 Å². The van der Waals surface area contributed by atoms with Gasteiger partial charge >= 0.3 is 0 Å². The van der Waals surface area contributed by atoms with E-state index in [1.165, 1.54) is 0 Å². The number of hydrogen-bond donors (Lipinski definition) is 1. The molecule has 3 heteroatoms. The summed E-state index contributed by atoms with van der Waals surface area (Å²) in [6.07, 6.45) is 1.89. The van der Waals surface area contributed by atoms with Crippen LogP contribution in [0, 0.1) is 0 Å². The van der Waals surface area contributed by atoms with Crippen molar-refractivity contribution in [3.05, 3.63) is 0 Å². The number of hydrogen-bond acceptors (Lipinski definition) is 3. The molecule has 0 aliphatic carbocycles. The maximum absolute atomic E-state index is 8.85. The Balaban J connectivity index is 2.29. The summed E-state index contributed by atoms with van der Waals surface area (Å²) < 4.78 is 0. The van der Waals surface area contributed by atoms with E-state index in [0.29, 0.717) is 0 Å². The topological polar surface area (TPSA) is 41.8 Å². The lowest BCUT2D eigenvalue weighted by atomic mass is 10.2. The molecular formula is C5H9NO2. The summed E-state index contributed by atoms with van der Waals surface area (Å²) in [6.45, 7) is 1.69. The van der Waals surface area contributed by atoms with Crippen LogP contribution in [0.25, 0.3) is 0 Å². The molecule has 3 nitrogen and oxygen atoms in total. The van der Waals surface area contributed by atoms with Crippen molar-refractivity contribution in [3.63, 3.8) is 0 Å². The molecule has 1 N–H and O–H groups in total. The third-order valence-corrected chi connectivity index (χ3v) is 1.15. The maximum atomic E-state index is 8.85. The van der Waals surface area contributed by atoms with Gasteiger partial charge in [0.15, 0.2) is 6.10 Å². The van der Waals surface area contributed by atoms with Gasteiger partial charge in [-0.3, -0.25) is 0 Å². The Morgan fingerprint density at radius 2 is 2.75 bits per heavy atom. The van der Waals surface area contributed by atoms with Crippen molar-refractivity contribution in [1.82, 2.24) is 0 Å². The zero-order chi connectivity index (χ0) is 5.98. The minimum Gasteiger partial charge on any atom is -0.390 e. The van der Waals surface area contributed by atoms with Crippen molar-refractivity contribution in [1.29, 1.82) is 0 Å². The van der Waals surface area contributed by atoms with Gasteiger partial charge in [-0.05, 0) is 6.92 Å². The summed E-state index contributed by atoms with van der Waals surface area (Å²) in [5.74, 6) is 0. The quantitative estimate of drug-likeness (QED) is 0.528. The fourth-order valence-electron chi connectivity index (χ4n) is 0.596. The summed E-state index contributed by atoms with van der Waals surface area (Å²) in [5.41, 5.74) is 0. The minimum atomic E-state index is -0.405. The van der Waals surface area contributed by atoms with Crippen molar-refractivity contribution in [3.8, 4) is 0 Å². The van der Waals surface area contributed by atoms with E-state index in [0.717, 1.165) is 6.42 Å². The molecule has 0 spiro atoms. The van der Waals surface area contributed by atoms with Crippen LogP contribution >= 0.6 is 0 Å². The number of aliphatic hydroxyl groups excluding tert-OH is 1. The molecule has 2 atom stereocenters. The highest BCUT2D eigenvalue weighted by molar-refractivity contribution is 5.58. The van der Waals surface area contributed by atoms with Crippen molar-refractivity contribution >= 4 is 6.21 Å². The Labute approximate surface area is 48.0 Å². The molecule has 0 saturated carbocycles. The normalized spacial score (nSPS) is 30.0. The van der Waals surface area contributed by atoms with E-state index in [1.807, 2.05) is 0 Å². The number of rotatable bonds is 1. The Hall–Kier alpha value is -0.570. The van der Waals surface area contributed by atoms with Gasteiger partial charge in [-0.15, -0.1) is 0 Å². The van der Waals surface area contributed by atoms with Gasteiger partial charge in [-0.2, -0.15) is 0 Å². The smallest absolute Gasteiger partial charge is 0.158 e. The van der Waals surface area contributed by atoms with Crippen LogP contribution in [0.4, 0.5) is 0 Å². The highest BCUT2D eigenvalue weighted by atomic mass is 16.6. The van der Waals surface area contributed by atoms with Crippen molar-refractivity contribution in [2.24, 2.45) is 5.16 Å². The third kappa shape index (κ3) is 0.980. The first-order valence-electron chi connectivity index (χ1n) is 2.66. The first-order valence-corrected chi connectivity index (χ1v) is 2.66. The first-order chi connectivity index (χ1) is 3.80. The fraction of sp³-hybridized carbons (Fsp3) is 0.800. The van der Waals surface area contributed by atoms with Crippen LogP contribution in [-0.4, -0.2) is 23.5 Å². The molecule has 0 bridgehead atoms. The lowest BCUT2D eigenvalue weighted by Crippen LogP contribution is -2.21. The van der Waals surface area contributed by atoms with E-state index < -0.39 is 6.10 Å². The van der Waals surface area contributed by atoms with Crippen molar-refractivity contribution in [2.45, 2.75) is 25.6 Å². The average molecular weight is 115 g/mol. The Bertz CT molecular complexity index is 92.6. The zero-order valence-corrected chi connectivity index (χ0v) is 4.74. The molecule has 46 valence electrons. The van der Waals surface area contributed by atoms with E-state index in [1.54, 1.807) is 13.1 Å². The predicted octanol–water partition coefficient (Wildman–Crippen LogP) is 0.142. The summed E-state index contributed by atoms with van der Waals surface area (Å²) in [5, 5.41) is 12.3. The van der Waals surface area contributed by atoms with Gasteiger partial charge in [0.05, 0.1) is 6.10 Å². The molecule has 0 unspecified atom stereocenters. The lowest BCUT2D eigenvalue weighted by Gasteiger charge is -2.08. The molecule has 0 amide bonds. The molecule has 0 saturated heterocycles. The molecule has 8 heavy (non-hydrogen) atoms. The van der Waals surface area contributed by atoms with E-state index >= 15 is 0 Å². The van der Waals surface area contributed by atoms with Crippen molar-refractivity contribution in [2.75, 3.05) is 0 Å². The monoisotopic (exact) mass is 115 g/mol. The van der Waals surface area contributed by atoms with E-state index in [2.05, 4.69) is 5.16 Å². The number of nitrogens with zero attached hydrogens (tertiary/aromatic N) is 1. The minimum absolute atomic E-state index is 0.102. The Kier molecular flexibility index (Phi) is 1.48. The van der Waals surface area contributed by atoms with Gasteiger partial charge in [0.25, 0.3) is 0 Å². The maximum Gasteiger partial charge on any atom is 0.158 e. The fourth-order valence-corrected chi connectivity index (χ4v) is 0.596. The molecule has 0 fully saturated rings. The molecular weight excluding hydrogens is 106 g/mol. The average Bonchev–Trinajstić information content (AvgIpc) is 2.12. The second-order valence-corrected chi connectivity index (χ2v) is 1.91.